The third-order valence-corrected chi connectivity index (χ3v) is 6.98. The minimum absolute atomic E-state index is 0.0485. The zero-order valence-electron chi connectivity index (χ0n) is 20.9. The summed E-state index contributed by atoms with van der Waals surface area (Å²) in [7, 11) is 0. The number of nitrogens with zero attached hydrogens (tertiary/aromatic N) is 3. The number of β-amino-alcohol motifs (C(OH)–C–C–N with tert-alkyl or cyclic N) is 1. The number of benzene rings is 1. The number of nitrogens with one attached hydrogen (secondary N) is 2. The molecule has 1 saturated heterocycles. The Morgan fingerprint density at radius 1 is 1.11 bits per heavy atom. The second kappa shape index (κ2) is 10.8. The normalized spacial score (nSPS) is 21.9. The summed E-state index contributed by atoms with van der Waals surface area (Å²) >= 11 is 0. The Kier molecular flexibility index (Phi) is 7.82. The lowest BCUT2D eigenvalue weighted by atomic mass is 9.87. The molecule has 3 atom stereocenters. The monoisotopic (exact) mass is 479 g/mol. The van der Waals surface area contributed by atoms with Crippen molar-refractivity contribution >= 4 is 17.5 Å². The summed E-state index contributed by atoms with van der Waals surface area (Å²) in [6, 6.07) is 6.30. The number of carbonyl (C=O) groups is 2. The molecule has 4 rings (SSSR count). The first kappa shape index (κ1) is 25.3. The van der Waals surface area contributed by atoms with Crippen LogP contribution in [0.3, 0.4) is 0 Å². The molecule has 1 aliphatic carbocycles. The van der Waals surface area contributed by atoms with Gasteiger partial charge in [-0.2, -0.15) is 0 Å². The smallest absolute Gasteiger partial charge is 0.249 e. The van der Waals surface area contributed by atoms with E-state index in [-0.39, 0.29) is 23.3 Å². The average molecular weight is 480 g/mol. The number of amides is 2. The number of hydrogen-bond donors (Lipinski definition) is 3. The van der Waals surface area contributed by atoms with Gasteiger partial charge in [-0.1, -0.05) is 52.2 Å². The lowest BCUT2D eigenvalue weighted by Gasteiger charge is -2.34. The van der Waals surface area contributed by atoms with Crippen molar-refractivity contribution in [3.8, 4) is 0 Å². The molecule has 0 spiro atoms. The summed E-state index contributed by atoms with van der Waals surface area (Å²) < 4.78 is 0. The fourth-order valence-corrected chi connectivity index (χ4v) is 4.96. The maximum atomic E-state index is 13.9. The van der Waals surface area contributed by atoms with Gasteiger partial charge in [0.05, 0.1) is 24.0 Å². The zero-order chi connectivity index (χ0) is 25.0. The van der Waals surface area contributed by atoms with Crippen molar-refractivity contribution in [1.82, 2.24) is 20.6 Å². The highest BCUT2D eigenvalue weighted by molar-refractivity contribution is 6.03. The van der Waals surface area contributed by atoms with E-state index in [2.05, 4.69) is 41.4 Å². The van der Waals surface area contributed by atoms with Gasteiger partial charge >= 0.3 is 0 Å². The molecule has 2 heterocycles. The van der Waals surface area contributed by atoms with Gasteiger partial charge in [0.2, 0.25) is 11.8 Å². The van der Waals surface area contributed by atoms with Crippen molar-refractivity contribution in [2.45, 2.75) is 88.9 Å². The van der Waals surface area contributed by atoms with E-state index in [0.717, 1.165) is 31.2 Å². The molecular formula is C27H37N5O3. The molecule has 0 bridgehead atoms. The number of aromatic nitrogens is 2. The molecule has 8 nitrogen and oxygen atoms in total. The predicted octanol–water partition coefficient (Wildman–Crippen LogP) is 3.02. The van der Waals surface area contributed by atoms with Crippen LogP contribution in [0.2, 0.25) is 0 Å². The SMILES string of the molecule is CC(C)(C)c1ccc(N(C(=O)[C@H]2C[C@@H](O)CN2)C(C(=O)NC2CCCCC2)c2cnccn2)cc1. The number of hydrogen-bond acceptors (Lipinski definition) is 6. The van der Waals surface area contributed by atoms with E-state index in [1.54, 1.807) is 18.6 Å². The Balaban J connectivity index is 1.74. The minimum Gasteiger partial charge on any atom is -0.392 e. The van der Waals surface area contributed by atoms with Crippen molar-refractivity contribution in [3.63, 3.8) is 0 Å². The molecule has 35 heavy (non-hydrogen) atoms. The van der Waals surface area contributed by atoms with Crippen LogP contribution >= 0.6 is 0 Å². The lowest BCUT2D eigenvalue weighted by molar-refractivity contribution is -0.128. The standard InChI is InChI=1S/C27H37N5O3/c1-27(2,3)18-9-11-20(12-10-18)32(26(35)22-15-21(33)16-30-22)24(23-17-28-13-14-29-23)25(34)31-19-7-5-4-6-8-19/h9-14,17,19,21-22,24,30,33H,4-8,15-16H2,1-3H3,(H,31,34)/t21-,22-,24?/m1/s1. The molecule has 2 amide bonds. The van der Waals surface area contributed by atoms with Crippen LogP contribution in [0.5, 0.6) is 0 Å². The Labute approximate surface area is 207 Å². The van der Waals surface area contributed by atoms with Gasteiger partial charge in [-0.05, 0) is 42.4 Å². The van der Waals surface area contributed by atoms with Crippen LogP contribution in [0.1, 0.15) is 76.6 Å². The highest BCUT2D eigenvalue weighted by atomic mass is 16.3. The minimum atomic E-state index is -0.974. The molecular weight excluding hydrogens is 442 g/mol. The second-order valence-electron chi connectivity index (χ2n) is 10.7. The van der Waals surface area contributed by atoms with Gasteiger partial charge in [-0.15, -0.1) is 0 Å². The summed E-state index contributed by atoms with van der Waals surface area (Å²) in [6.07, 6.45) is 9.56. The van der Waals surface area contributed by atoms with Gasteiger partial charge < -0.3 is 15.7 Å². The van der Waals surface area contributed by atoms with Crippen molar-refractivity contribution in [1.29, 1.82) is 0 Å². The molecule has 1 aromatic heterocycles. The number of carbonyl (C=O) groups excluding carboxylic acids is 2. The van der Waals surface area contributed by atoms with Gasteiger partial charge in [0.1, 0.15) is 0 Å². The number of anilines is 1. The maximum Gasteiger partial charge on any atom is 0.249 e. The Hall–Kier alpha value is -2.84. The summed E-state index contributed by atoms with van der Waals surface area (Å²) in [5.41, 5.74) is 2.10. The average Bonchev–Trinajstić information content (AvgIpc) is 3.29. The molecule has 1 aliphatic heterocycles. The molecule has 2 fully saturated rings. The molecule has 2 aliphatic rings. The van der Waals surface area contributed by atoms with Crippen LogP contribution in [0, 0.1) is 0 Å². The predicted molar refractivity (Wildman–Crippen MR) is 135 cm³/mol. The van der Waals surface area contributed by atoms with Crippen LogP contribution in [0.4, 0.5) is 5.69 Å². The highest BCUT2D eigenvalue weighted by Crippen LogP contribution is 2.32. The van der Waals surface area contributed by atoms with Crippen LogP contribution < -0.4 is 15.5 Å². The van der Waals surface area contributed by atoms with Crippen molar-refractivity contribution < 1.29 is 14.7 Å². The summed E-state index contributed by atoms with van der Waals surface area (Å²) in [5.74, 6) is -0.524. The molecule has 8 heteroatoms. The van der Waals surface area contributed by atoms with Crippen molar-refractivity contribution in [2.75, 3.05) is 11.4 Å². The fourth-order valence-electron chi connectivity index (χ4n) is 4.96. The quantitative estimate of drug-likeness (QED) is 0.588. The maximum absolute atomic E-state index is 13.9. The van der Waals surface area contributed by atoms with E-state index < -0.39 is 18.2 Å². The summed E-state index contributed by atoms with van der Waals surface area (Å²) in [4.78, 5) is 37.9. The summed E-state index contributed by atoms with van der Waals surface area (Å²) in [5, 5.41) is 16.4. The van der Waals surface area contributed by atoms with Crippen LogP contribution in [-0.2, 0) is 15.0 Å². The Morgan fingerprint density at radius 3 is 2.40 bits per heavy atom. The molecule has 2 aromatic rings. The van der Waals surface area contributed by atoms with E-state index in [0.29, 0.717) is 24.3 Å². The largest absolute Gasteiger partial charge is 0.392 e. The van der Waals surface area contributed by atoms with Crippen molar-refractivity contribution in [3.05, 3.63) is 54.1 Å². The first-order valence-electron chi connectivity index (χ1n) is 12.7. The molecule has 0 radical (unpaired) electrons. The van der Waals surface area contributed by atoms with E-state index >= 15 is 0 Å². The first-order chi connectivity index (χ1) is 16.7. The van der Waals surface area contributed by atoms with Crippen molar-refractivity contribution in [2.24, 2.45) is 0 Å². The van der Waals surface area contributed by atoms with E-state index in [1.165, 1.54) is 11.3 Å². The van der Waals surface area contributed by atoms with Crippen LogP contribution in [-0.4, -0.2) is 51.6 Å². The van der Waals surface area contributed by atoms with Gasteiger partial charge in [0.25, 0.3) is 0 Å². The zero-order valence-corrected chi connectivity index (χ0v) is 20.9. The van der Waals surface area contributed by atoms with Gasteiger partial charge in [-0.3, -0.25) is 24.5 Å². The van der Waals surface area contributed by atoms with Crippen LogP contribution in [0.15, 0.2) is 42.9 Å². The van der Waals surface area contributed by atoms with Crippen LogP contribution in [0.25, 0.3) is 0 Å². The molecule has 3 N–H and O–H groups in total. The summed E-state index contributed by atoms with van der Waals surface area (Å²) in [6.45, 7) is 6.75. The molecule has 188 valence electrons. The topological polar surface area (TPSA) is 107 Å². The molecule has 1 unspecified atom stereocenters. The van der Waals surface area contributed by atoms with Gasteiger partial charge in [0.15, 0.2) is 6.04 Å². The van der Waals surface area contributed by atoms with Gasteiger partial charge in [0, 0.05) is 30.7 Å². The highest BCUT2D eigenvalue weighted by Gasteiger charge is 2.40. The number of aliphatic hydroxyl groups is 1. The number of aliphatic hydroxyl groups excluding tert-OH is 1. The first-order valence-corrected chi connectivity index (χ1v) is 12.7. The molecule has 1 aromatic carbocycles. The Morgan fingerprint density at radius 2 is 1.83 bits per heavy atom. The van der Waals surface area contributed by atoms with E-state index in [1.807, 2.05) is 24.3 Å². The van der Waals surface area contributed by atoms with E-state index in [9.17, 15) is 14.7 Å². The number of rotatable bonds is 6. The third kappa shape index (κ3) is 6.05. The Bertz CT molecular complexity index is 1000. The van der Waals surface area contributed by atoms with Gasteiger partial charge in [-0.25, -0.2) is 0 Å². The lowest BCUT2D eigenvalue weighted by Crippen LogP contribution is -2.51. The third-order valence-electron chi connectivity index (χ3n) is 6.98. The molecule has 1 saturated carbocycles. The van der Waals surface area contributed by atoms with E-state index in [4.69, 9.17) is 0 Å². The fraction of sp³-hybridized carbons (Fsp3) is 0.556. The second-order valence-corrected chi connectivity index (χ2v) is 10.7.